The van der Waals surface area contributed by atoms with E-state index in [1.807, 2.05) is 0 Å². The molecule has 0 heterocycles. The fourth-order valence-electron chi connectivity index (χ4n) is 1.99. The van der Waals surface area contributed by atoms with E-state index in [1.165, 1.54) is 12.1 Å². The summed E-state index contributed by atoms with van der Waals surface area (Å²) in [5, 5.41) is 0.566. The predicted molar refractivity (Wildman–Crippen MR) is 94.2 cm³/mol. The molecule has 0 aliphatic carbocycles. The average Bonchev–Trinajstić information content (AvgIpc) is 2.57. The van der Waals surface area contributed by atoms with Crippen LogP contribution >= 0.6 is 11.6 Å². The lowest BCUT2D eigenvalue weighted by Crippen LogP contribution is -2.41. The summed E-state index contributed by atoms with van der Waals surface area (Å²) in [5.74, 6) is -0.592. The molecule has 0 fully saturated rings. The topological polar surface area (TPSA) is 61.8 Å². The van der Waals surface area contributed by atoms with Crippen LogP contribution < -0.4 is 9.47 Å². The number of hydrogen-bond acceptors (Lipinski definition) is 5. The maximum atomic E-state index is 12.5. The third-order valence-electron chi connectivity index (χ3n) is 3.26. The fourth-order valence-corrected chi connectivity index (χ4v) is 2.12. The molecule has 2 aromatic rings. The molecule has 132 valence electrons. The first-order chi connectivity index (χ1) is 11.8. The molecule has 0 saturated heterocycles. The van der Waals surface area contributed by atoms with E-state index in [-0.39, 0.29) is 17.9 Å². The van der Waals surface area contributed by atoms with Crippen molar-refractivity contribution in [3.63, 3.8) is 0 Å². The molecular weight excluding hydrogens is 344 g/mol. The molecule has 0 aromatic heterocycles. The molecule has 2 aromatic carbocycles. The van der Waals surface area contributed by atoms with Crippen LogP contribution in [0.25, 0.3) is 0 Å². The van der Waals surface area contributed by atoms with Gasteiger partial charge >= 0.3 is 11.9 Å². The SMILES string of the molecule is CCOC(=O)c1ccccc1OC(=O)C(C)(C)Oc1ccc(Cl)cc1. The van der Waals surface area contributed by atoms with Gasteiger partial charge in [0.2, 0.25) is 5.60 Å². The van der Waals surface area contributed by atoms with Crippen LogP contribution in [0.5, 0.6) is 11.5 Å². The lowest BCUT2D eigenvalue weighted by molar-refractivity contribution is -0.149. The van der Waals surface area contributed by atoms with Gasteiger partial charge in [0.05, 0.1) is 6.61 Å². The van der Waals surface area contributed by atoms with Gasteiger partial charge in [0.1, 0.15) is 17.1 Å². The van der Waals surface area contributed by atoms with Gasteiger partial charge < -0.3 is 14.2 Å². The molecule has 0 bridgehead atoms. The van der Waals surface area contributed by atoms with E-state index in [4.69, 9.17) is 25.8 Å². The Morgan fingerprint density at radius 2 is 1.68 bits per heavy atom. The number of carbonyl (C=O) groups excluding carboxylic acids is 2. The highest BCUT2D eigenvalue weighted by molar-refractivity contribution is 6.30. The number of ether oxygens (including phenoxy) is 3. The van der Waals surface area contributed by atoms with Crippen LogP contribution in [0.15, 0.2) is 48.5 Å². The Hall–Kier alpha value is -2.53. The molecule has 0 atom stereocenters. The Morgan fingerprint density at radius 3 is 2.32 bits per heavy atom. The highest BCUT2D eigenvalue weighted by atomic mass is 35.5. The van der Waals surface area contributed by atoms with Crippen LogP contribution in [0.2, 0.25) is 5.02 Å². The largest absolute Gasteiger partial charge is 0.476 e. The van der Waals surface area contributed by atoms with Crippen molar-refractivity contribution in [3.05, 3.63) is 59.1 Å². The van der Waals surface area contributed by atoms with E-state index in [2.05, 4.69) is 0 Å². The Kier molecular flexibility index (Phi) is 6.04. The number of halogens is 1. The van der Waals surface area contributed by atoms with Crippen molar-refractivity contribution >= 4 is 23.5 Å². The number of hydrogen-bond donors (Lipinski definition) is 0. The first kappa shape index (κ1) is 18.8. The molecular formula is C19H19ClO5. The minimum absolute atomic E-state index is 0.124. The molecule has 5 nitrogen and oxygen atoms in total. The number of esters is 2. The van der Waals surface area contributed by atoms with E-state index < -0.39 is 17.5 Å². The molecule has 0 aliphatic rings. The van der Waals surface area contributed by atoms with Gasteiger partial charge in [0.15, 0.2) is 0 Å². The number of carbonyl (C=O) groups is 2. The summed E-state index contributed by atoms with van der Waals surface area (Å²) < 4.78 is 16.0. The second-order valence-electron chi connectivity index (χ2n) is 5.67. The summed E-state index contributed by atoms with van der Waals surface area (Å²) in [6.07, 6.45) is 0. The average molecular weight is 363 g/mol. The van der Waals surface area contributed by atoms with Crippen molar-refractivity contribution < 1.29 is 23.8 Å². The van der Waals surface area contributed by atoms with Crippen LogP contribution in [-0.2, 0) is 9.53 Å². The lowest BCUT2D eigenvalue weighted by atomic mass is 10.1. The minimum Gasteiger partial charge on any atom is -0.476 e. The quantitative estimate of drug-likeness (QED) is 0.567. The number of rotatable bonds is 6. The molecule has 0 radical (unpaired) electrons. The second-order valence-corrected chi connectivity index (χ2v) is 6.11. The van der Waals surface area contributed by atoms with Gasteiger partial charge in [-0.1, -0.05) is 23.7 Å². The zero-order chi connectivity index (χ0) is 18.4. The molecule has 0 saturated carbocycles. The van der Waals surface area contributed by atoms with Gasteiger partial charge in [0.25, 0.3) is 0 Å². The third-order valence-corrected chi connectivity index (χ3v) is 3.52. The summed E-state index contributed by atoms with van der Waals surface area (Å²) in [5.41, 5.74) is -1.09. The molecule has 0 unspecified atom stereocenters. The molecule has 0 amide bonds. The fraction of sp³-hybridized carbons (Fsp3) is 0.263. The van der Waals surface area contributed by atoms with E-state index in [9.17, 15) is 9.59 Å². The smallest absolute Gasteiger partial charge is 0.355 e. The van der Waals surface area contributed by atoms with Gasteiger partial charge in [0, 0.05) is 5.02 Å². The van der Waals surface area contributed by atoms with Crippen molar-refractivity contribution in [2.24, 2.45) is 0 Å². The summed E-state index contributed by atoms with van der Waals surface area (Å²) in [7, 11) is 0. The van der Waals surface area contributed by atoms with Crippen LogP contribution in [-0.4, -0.2) is 24.1 Å². The van der Waals surface area contributed by atoms with Gasteiger partial charge in [-0.05, 0) is 57.2 Å². The maximum absolute atomic E-state index is 12.5. The van der Waals surface area contributed by atoms with Crippen molar-refractivity contribution in [2.45, 2.75) is 26.4 Å². The van der Waals surface area contributed by atoms with Gasteiger partial charge in [-0.3, -0.25) is 0 Å². The van der Waals surface area contributed by atoms with Crippen LogP contribution in [0.1, 0.15) is 31.1 Å². The van der Waals surface area contributed by atoms with E-state index in [0.717, 1.165) is 0 Å². The van der Waals surface area contributed by atoms with E-state index in [1.54, 1.807) is 57.2 Å². The van der Waals surface area contributed by atoms with Gasteiger partial charge in [-0.2, -0.15) is 0 Å². The zero-order valence-corrected chi connectivity index (χ0v) is 15.0. The highest BCUT2D eigenvalue weighted by Gasteiger charge is 2.33. The number of para-hydroxylation sites is 1. The molecule has 2 rings (SSSR count). The predicted octanol–water partition coefficient (Wildman–Crippen LogP) is 4.28. The minimum atomic E-state index is -1.27. The second kappa shape index (κ2) is 8.03. The normalized spacial score (nSPS) is 10.9. The maximum Gasteiger partial charge on any atom is 0.355 e. The highest BCUT2D eigenvalue weighted by Crippen LogP contribution is 2.25. The van der Waals surface area contributed by atoms with Crippen molar-refractivity contribution in [3.8, 4) is 11.5 Å². The Labute approximate surface area is 151 Å². The third kappa shape index (κ3) is 4.97. The molecule has 6 heteroatoms. The zero-order valence-electron chi connectivity index (χ0n) is 14.2. The van der Waals surface area contributed by atoms with Crippen molar-refractivity contribution in [1.29, 1.82) is 0 Å². The Bertz CT molecular complexity index is 753. The molecule has 0 N–H and O–H groups in total. The standard InChI is InChI=1S/C19H19ClO5/c1-4-23-17(21)15-7-5-6-8-16(15)24-18(22)19(2,3)25-14-11-9-13(20)10-12-14/h5-12H,4H2,1-3H3. The van der Waals surface area contributed by atoms with Crippen LogP contribution in [0, 0.1) is 0 Å². The van der Waals surface area contributed by atoms with Gasteiger partial charge in [-0.25, -0.2) is 9.59 Å². The molecule has 25 heavy (non-hydrogen) atoms. The van der Waals surface area contributed by atoms with Crippen molar-refractivity contribution in [2.75, 3.05) is 6.61 Å². The number of benzene rings is 2. The first-order valence-electron chi connectivity index (χ1n) is 7.76. The first-order valence-corrected chi connectivity index (χ1v) is 8.14. The summed E-state index contributed by atoms with van der Waals surface area (Å²) in [4.78, 5) is 24.5. The van der Waals surface area contributed by atoms with E-state index >= 15 is 0 Å². The van der Waals surface area contributed by atoms with Gasteiger partial charge in [-0.15, -0.1) is 0 Å². The summed E-state index contributed by atoms with van der Waals surface area (Å²) in [6.45, 7) is 5.09. The van der Waals surface area contributed by atoms with Crippen molar-refractivity contribution in [1.82, 2.24) is 0 Å². The Balaban J connectivity index is 2.15. The van der Waals surface area contributed by atoms with E-state index in [0.29, 0.717) is 10.8 Å². The van der Waals surface area contributed by atoms with Crippen LogP contribution in [0.4, 0.5) is 0 Å². The summed E-state index contributed by atoms with van der Waals surface area (Å²) >= 11 is 5.83. The molecule has 0 spiro atoms. The lowest BCUT2D eigenvalue weighted by Gasteiger charge is -2.24. The Morgan fingerprint density at radius 1 is 1.04 bits per heavy atom. The summed E-state index contributed by atoms with van der Waals surface area (Å²) in [6, 6.07) is 13.0. The monoisotopic (exact) mass is 362 g/mol. The molecule has 0 aliphatic heterocycles. The van der Waals surface area contributed by atoms with Crippen LogP contribution in [0.3, 0.4) is 0 Å².